The molecule has 2 aromatic carbocycles. The minimum Gasteiger partial charge on any atom is -0.319 e. The van der Waals surface area contributed by atoms with E-state index in [0.29, 0.717) is 12.1 Å². The molecule has 2 rings (SSSR count). The van der Waals surface area contributed by atoms with Crippen LogP contribution >= 0.6 is 0 Å². The number of rotatable bonds is 2. The molecule has 2 aromatic rings. The van der Waals surface area contributed by atoms with Gasteiger partial charge in [-0.05, 0) is 12.1 Å². The minimum absolute atomic E-state index is 0.355. The van der Waals surface area contributed by atoms with Crippen LogP contribution in [0.25, 0.3) is 0 Å². The summed E-state index contributed by atoms with van der Waals surface area (Å²) in [6.45, 7) is 0. The highest BCUT2D eigenvalue weighted by Crippen LogP contribution is 2.24. The SMILES string of the molecule is O=C(Nc1ccc(F)cc1F)c1c(F)c(F)c(F)c(F)c1F. The van der Waals surface area contributed by atoms with Crippen molar-refractivity contribution < 1.29 is 35.5 Å². The summed E-state index contributed by atoms with van der Waals surface area (Å²) in [5.41, 5.74) is -2.48. The third-order valence-electron chi connectivity index (χ3n) is 2.62. The molecular weight excluding hydrogens is 319 g/mol. The van der Waals surface area contributed by atoms with E-state index in [1.165, 1.54) is 0 Å². The molecule has 0 radical (unpaired) electrons. The number of amides is 1. The number of halogens is 7. The van der Waals surface area contributed by atoms with E-state index in [1.54, 1.807) is 5.32 Å². The molecule has 9 heteroatoms. The molecule has 2 nitrogen and oxygen atoms in total. The highest BCUT2D eigenvalue weighted by atomic mass is 19.2. The number of carbonyl (C=O) groups is 1. The molecule has 0 atom stereocenters. The van der Waals surface area contributed by atoms with E-state index in [9.17, 15) is 35.5 Å². The first-order chi connectivity index (χ1) is 10.2. The van der Waals surface area contributed by atoms with E-state index in [1.807, 2.05) is 0 Å². The first-order valence-corrected chi connectivity index (χ1v) is 5.52. The van der Waals surface area contributed by atoms with Crippen LogP contribution in [0.15, 0.2) is 18.2 Å². The van der Waals surface area contributed by atoms with Crippen molar-refractivity contribution in [2.45, 2.75) is 0 Å². The van der Waals surface area contributed by atoms with E-state index in [2.05, 4.69) is 0 Å². The molecule has 0 aliphatic carbocycles. The van der Waals surface area contributed by atoms with E-state index < -0.39 is 57.9 Å². The topological polar surface area (TPSA) is 29.1 Å². The van der Waals surface area contributed by atoms with Crippen LogP contribution in [0.5, 0.6) is 0 Å². The Morgan fingerprint density at radius 2 is 1.27 bits per heavy atom. The zero-order valence-electron chi connectivity index (χ0n) is 10.3. The van der Waals surface area contributed by atoms with Crippen LogP contribution in [0.1, 0.15) is 10.4 Å². The molecule has 1 amide bonds. The average molecular weight is 323 g/mol. The summed E-state index contributed by atoms with van der Waals surface area (Å²) in [4.78, 5) is 11.6. The summed E-state index contributed by atoms with van der Waals surface area (Å²) in [5.74, 6) is -15.9. The first kappa shape index (κ1) is 15.8. The van der Waals surface area contributed by atoms with Crippen molar-refractivity contribution in [3.05, 3.63) is 64.5 Å². The quantitative estimate of drug-likeness (QED) is 0.507. The number of hydrogen-bond donors (Lipinski definition) is 1. The van der Waals surface area contributed by atoms with Crippen molar-refractivity contribution in [3.8, 4) is 0 Å². The first-order valence-electron chi connectivity index (χ1n) is 5.52. The Morgan fingerprint density at radius 1 is 0.773 bits per heavy atom. The number of anilines is 1. The molecule has 1 N–H and O–H groups in total. The largest absolute Gasteiger partial charge is 0.319 e. The standard InChI is InChI=1S/C13H4F7NO/c14-4-1-2-6(5(15)3-4)21-13(22)7-8(16)10(18)12(20)11(19)9(7)17/h1-3H,(H,21,22). The van der Waals surface area contributed by atoms with Gasteiger partial charge < -0.3 is 5.32 Å². The van der Waals surface area contributed by atoms with Gasteiger partial charge in [-0.2, -0.15) is 0 Å². The lowest BCUT2D eigenvalue weighted by Crippen LogP contribution is -2.20. The summed E-state index contributed by atoms with van der Waals surface area (Å²) in [6, 6.07) is 1.79. The van der Waals surface area contributed by atoms with Crippen molar-refractivity contribution in [2.75, 3.05) is 5.32 Å². The summed E-state index contributed by atoms with van der Waals surface area (Å²) >= 11 is 0. The van der Waals surface area contributed by atoms with Crippen LogP contribution in [-0.4, -0.2) is 5.91 Å². The molecular formula is C13H4F7NO. The van der Waals surface area contributed by atoms with E-state index in [-0.39, 0.29) is 0 Å². The van der Waals surface area contributed by atoms with Gasteiger partial charge in [-0.25, -0.2) is 30.7 Å². The van der Waals surface area contributed by atoms with Crippen LogP contribution in [-0.2, 0) is 0 Å². The van der Waals surface area contributed by atoms with Gasteiger partial charge in [0.05, 0.1) is 5.69 Å². The van der Waals surface area contributed by atoms with Crippen LogP contribution in [0.4, 0.5) is 36.4 Å². The van der Waals surface area contributed by atoms with Gasteiger partial charge in [0.15, 0.2) is 23.3 Å². The molecule has 0 aliphatic rings. The second kappa shape index (κ2) is 5.66. The second-order valence-corrected chi connectivity index (χ2v) is 4.02. The smallest absolute Gasteiger partial charge is 0.261 e. The summed E-state index contributed by atoms with van der Waals surface area (Å²) in [5, 5.41) is 1.59. The van der Waals surface area contributed by atoms with Gasteiger partial charge in [-0.15, -0.1) is 0 Å². The van der Waals surface area contributed by atoms with Gasteiger partial charge in [0.2, 0.25) is 5.82 Å². The van der Waals surface area contributed by atoms with Gasteiger partial charge >= 0.3 is 0 Å². The highest BCUT2D eigenvalue weighted by molar-refractivity contribution is 6.04. The lowest BCUT2D eigenvalue weighted by Gasteiger charge is -2.09. The van der Waals surface area contributed by atoms with Gasteiger partial charge in [0.1, 0.15) is 17.2 Å². The minimum atomic E-state index is -2.43. The van der Waals surface area contributed by atoms with Crippen LogP contribution in [0.2, 0.25) is 0 Å². The lowest BCUT2D eigenvalue weighted by atomic mass is 10.1. The molecule has 22 heavy (non-hydrogen) atoms. The molecule has 0 unspecified atom stereocenters. The van der Waals surface area contributed by atoms with Crippen molar-refractivity contribution in [2.24, 2.45) is 0 Å². The fourth-order valence-corrected chi connectivity index (χ4v) is 1.58. The van der Waals surface area contributed by atoms with Crippen molar-refractivity contribution in [1.82, 2.24) is 0 Å². The second-order valence-electron chi connectivity index (χ2n) is 4.02. The average Bonchev–Trinajstić information content (AvgIpc) is 2.46. The Bertz CT molecular complexity index is 746. The number of hydrogen-bond acceptors (Lipinski definition) is 1. The van der Waals surface area contributed by atoms with Crippen LogP contribution in [0, 0.1) is 40.7 Å². The third-order valence-corrected chi connectivity index (χ3v) is 2.62. The molecule has 0 bridgehead atoms. The maximum atomic E-state index is 13.4. The number of carbonyl (C=O) groups excluding carboxylic acids is 1. The maximum Gasteiger partial charge on any atom is 0.261 e. The predicted molar refractivity (Wildman–Crippen MR) is 60.5 cm³/mol. The molecule has 0 spiro atoms. The highest BCUT2D eigenvalue weighted by Gasteiger charge is 2.30. The van der Waals surface area contributed by atoms with E-state index in [0.717, 1.165) is 6.07 Å². The Morgan fingerprint density at radius 3 is 1.77 bits per heavy atom. The molecule has 0 saturated carbocycles. The maximum absolute atomic E-state index is 13.4. The number of nitrogens with one attached hydrogen (secondary N) is 1. The molecule has 0 saturated heterocycles. The zero-order valence-corrected chi connectivity index (χ0v) is 10.3. The molecule has 0 aliphatic heterocycles. The molecule has 116 valence electrons. The Balaban J connectivity index is 2.46. The monoisotopic (exact) mass is 323 g/mol. The molecule has 0 heterocycles. The fourth-order valence-electron chi connectivity index (χ4n) is 1.58. The predicted octanol–water partition coefficient (Wildman–Crippen LogP) is 3.91. The Hall–Kier alpha value is -2.58. The Kier molecular flexibility index (Phi) is 4.07. The fraction of sp³-hybridized carbons (Fsp3) is 0. The van der Waals surface area contributed by atoms with Gasteiger partial charge in [0, 0.05) is 6.07 Å². The van der Waals surface area contributed by atoms with Gasteiger partial charge in [-0.1, -0.05) is 0 Å². The van der Waals surface area contributed by atoms with E-state index >= 15 is 0 Å². The third kappa shape index (κ3) is 2.61. The van der Waals surface area contributed by atoms with Crippen molar-refractivity contribution >= 4 is 11.6 Å². The zero-order chi connectivity index (χ0) is 16.6. The van der Waals surface area contributed by atoms with Gasteiger partial charge in [0.25, 0.3) is 5.91 Å². The van der Waals surface area contributed by atoms with Crippen LogP contribution in [0.3, 0.4) is 0 Å². The van der Waals surface area contributed by atoms with E-state index in [4.69, 9.17) is 0 Å². The molecule has 0 fully saturated rings. The number of benzene rings is 2. The van der Waals surface area contributed by atoms with Crippen LogP contribution < -0.4 is 5.32 Å². The summed E-state index contributed by atoms with van der Waals surface area (Å²) in [7, 11) is 0. The van der Waals surface area contributed by atoms with Gasteiger partial charge in [-0.3, -0.25) is 4.79 Å². The Labute approximate surface area is 118 Å². The van der Waals surface area contributed by atoms with Crippen molar-refractivity contribution in [3.63, 3.8) is 0 Å². The summed E-state index contributed by atoms with van der Waals surface area (Å²) in [6.07, 6.45) is 0. The van der Waals surface area contributed by atoms with Crippen molar-refractivity contribution in [1.29, 1.82) is 0 Å². The lowest BCUT2D eigenvalue weighted by molar-refractivity contribution is 0.101. The normalized spacial score (nSPS) is 10.7. The summed E-state index contributed by atoms with van der Waals surface area (Å²) < 4.78 is 91.5. The molecule has 0 aromatic heterocycles.